The molecule has 2 aromatic rings. The topological polar surface area (TPSA) is 139 Å². The Morgan fingerprint density at radius 1 is 1.33 bits per heavy atom. The summed E-state index contributed by atoms with van der Waals surface area (Å²) >= 11 is 0. The molecule has 2 aliphatic rings. The average molecular weight is 434 g/mol. The van der Waals surface area contributed by atoms with Gasteiger partial charge in [0.25, 0.3) is 5.69 Å². The average Bonchev–Trinajstić information content (AvgIpc) is 3.31. The predicted octanol–water partition coefficient (Wildman–Crippen LogP) is 2.34. The molecule has 10 nitrogen and oxygen atoms in total. The SMILES string of the molecule is CC(=O)NC1CCN(c2nc(Nc3ccc(N)c([N+](=O)[O-])c3)nc3c2CCC3)C1.Cl. The maximum atomic E-state index is 11.4. The van der Waals surface area contributed by atoms with Gasteiger partial charge in [0.2, 0.25) is 11.9 Å². The number of fused-ring (bicyclic) bond motifs is 1. The summed E-state index contributed by atoms with van der Waals surface area (Å²) < 4.78 is 0. The molecule has 1 aliphatic carbocycles. The van der Waals surface area contributed by atoms with Crippen molar-refractivity contribution in [2.75, 3.05) is 29.0 Å². The van der Waals surface area contributed by atoms with Crippen LogP contribution in [0.25, 0.3) is 0 Å². The van der Waals surface area contributed by atoms with Crippen LogP contribution in [0.15, 0.2) is 18.2 Å². The van der Waals surface area contributed by atoms with Gasteiger partial charge in [0, 0.05) is 43.4 Å². The van der Waals surface area contributed by atoms with Gasteiger partial charge < -0.3 is 21.3 Å². The molecule has 30 heavy (non-hydrogen) atoms. The standard InChI is InChI=1S/C19H23N7O3.ClH/c1-11(27)21-13-7-8-25(10-13)18-14-3-2-4-16(14)23-19(24-18)22-12-5-6-15(20)17(9-12)26(28)29;/h5-6,9,13H,2-4,7-8,10,20H2,1H3,(H,21,27)(H,22,23,24);1H. The fourth-order valence-electron chi connectivity index (χ4n) is 4.00. The Labute approximate surface area is 179 Å². The van der Waals surface area contributed by atoms with Crippen LogP contribution in [0, 0.1) is 10.1 Å². The maximum absolute atomic E-state index is 11.4. The summed E-state index contributed by atoms with van der Waals surface area (Å²) in [5, 5.41) is 17.2. The minimum absolute atomic E-state index is 0. The predicted molar refractivity (Wildman–Crippen MR) is 117 cm³/mol. The summed E-state index contributed by atoms with van der Waals surface area (Å²) in [6.07, 6.45) is 3.70. The Bertz CT molecular complexity index is 985. The summed E-state index contributed by atoms with van der Waals surface area (Å²) in [5.41, 5.74) is 8.29. The second kappa shape index (κ2) is 8.70. The minimum atomic E-state index is -0.512. The number of aryl methyl sites for hydroxylation is 1. The number of nitrogens with one attached hydrogen (secondary N) is 2. The van der Waals surface area contributed by atoms with E-state index in [1.54, 1.807) is 6.07 Å². The zero-order valence-electron chi connectivity index (χ0n) is 16.6. The summed E-state index contributed by atoms with van der Waals surface area (Å²) in [6.45, 7) is 3.04. The molecule has 4 rings (SSSR count). The molecule has 1 aromatic heterocycles. The summed E-state index contributed by atoms with van der Waals surface area (Å²) in [5.74, 6) is 1.26. The molecule has 0 radical (unpaired) electrons. The number of carbonyl (C=O) groups is 1. The van der Waals surface area contributed by atoms with Gasteiger partial charge in [0.1, 0.15) is 11.5 Å². The number of halogens is 1. The normalized spacial score (nSPS) is 17.2. The second-order valence-corrected chi connectivity index (χ2v) is 7.44. The summed E-state index contributed by atoms with van der Waals surface area (Å²) in [7, 11) is 0. The number of nitrogens with zero attached hydrogens (tertiary/aromatic N) is 4. The van der Waals surface area contributed by atoms with Crippen molar-refractivity contribution in [3.8, 4) is 0 Å². The molecule has 2 heterocycles. The molecule has 1 aromatic carbocycles. The zero-order valence-corrected chi connectivity index (χ0v) is 17.4. The minimum Gasteiger partial charge on any atom is -0.393 e. The third-order valence-corrected chi connectivity index (χ3v) is 5.29. The van der Waals surface area contributed by atoms with Gasteiger partial charge in [0.05, 0.1) is 10.6 Å². The number of rotatable bonds is 5. The first-order chi connectivity index (χ1) is 13.9. The number of amides is 1. The molecular weight excluding hydrogens is 410 g/mol. The fraction of sp³-hybridized carbons (Fsp3) is 0.421. The van der Waals surface area contributed by atoms with Gasteiger partial charge in [-0.25, -0.2) is 4.98 Å². The van der Waals surface area contributed by atoms with Crippen molar-refractivity contribution in [2.45, 2.75) is 38.6 Å². The summed E-state index contributed by atoms with van der Waals surface area (Å²) in [6, 6.07) is 4.65. The van der Waals surface area contributed by atoms with E-state index in [2.05, 4.69) is 20.5 Å². The largest absolute Gasteiger partial charge is 0.393 e. The van der Waals surface area contributed by atoms with Gasteiger partial charge in [-0.05, 0) is 37.8 Å². The van der Waals surface area contributed by atoms with E-state index in [0.29, 0.717) is 18.2 Å². The van der Waals surface area contributed by atoms with Gasteiger partial charge in [-0.15, -0.1) is 12.4 Å². The molecule has 1 atom stereocenters. The molecule has 1 saturated heterocycles. The van der Waals surface area contributed by atoms with Gasteiger partial charge in [-0.3, -0.25) is 14.9 Å². The van der Waals surface area contributed by atoms with Crippen LogP contribution in [0.3, 0.4) is 0 Å². The van der Waals surface area contributed by atoms with E-state index in [4.69, 9.17) is 10.7 Å². The van der Waals surface area contributed by atoms with Gasteiger partial charge in [-0.1, -0.05) is 0 Å². The maximum Gasteiger partial charge on any atom is 0.294 e. The first-order valence-corrected chi connectivity index (χ1v) is 9.63. The zero-order chi connectivity index (χ0) is 20.5. The lowest BCUT2D eigenvalue weighted by Crippen LogP contribution is -2.36. The van der Waals surface area contributed by atoms with E-state index < -0.39 is 4.92 Å². The monoisotopic (exact) mass is 433 g/mol. The molecule has 1 fully saturated rings. The van der Waals surface area contributed by atoms with Crippen molar-refractivity contribution in [1.82, 2.24) is 15.3 Å². The Balaban J connectivity index is 0.00000256. The summed E-state index contributed by atoms with van der Waals surface area (Å²) in [4.78, 5) is 33.5. The molecular formula is C19H24ClN7O3. The van der Waals surface area contributed by atoms with Crippen LogP contribution in [0.2, 0.25) is 0 Å². The molecule has 0 saturated carbocycles. The van der Waals surface area contributed by atoms with Crippen molar-refractivity contribution in [3.05, 3.63) is 39.6 Å². The van der Waals surface area contributed by atoms with E-state index in [1.807, 2.05) is 0 Å². The van der Waals surface area contributed by atoms with Crippen LogP contribution in [0.4, 0.5) is 28.8 Å². The van der Waals surface area contributed by atoms with Crippen LogP contribution in [-0.4, -0.2) is 39.9 Å². The van der Waals surface area contributed by atoms with Crippen molar-refractivity contribution in [2.24, 2.45) is 0 Å². The highest BCUT2D eigenvalue weighted by Crippen LogP contribution is 2.33. The molecule has 4 N–H and O–H groups in total. The molecule has 1 amide bonds. The number of benzene rings is 1. The smallest absolute Gasteiger partial charge is 0.294 e. The van der Waals surface area contributed by atoms with Gasteiger partial charge >= 0.3 is 0 Å². The third kappa shape index (κ3) is 4.38. The second-order valence-electron chi connectivity index (χ2n) is 7.44. The van der Waals surface area contributed by atoms with Gasteiger partial charge in [0.15, 0.2) is 0 Å². The van der Waals surface area contributed by atoms with Crippen LogP contribution in [0.5, 0.6) is 0 Å². The van der Waals surface area contributed by atoms with E-state index in [1.165, 1.54) is 19.1 Å². The van der Waals surface area contributed by atoms with Crippen molar-refractivity contribution >= 4 is 47.1 Å². The van der Waals surface area contributed by atoms with Crippen LogP contribution >= 0.6 is 12.4 Å². The first kappa shape index (κ1) is 21.6. The Morgan fingerprint density at radius 2 is 2.13 bits per heavy atom. The molecule has 0 spiro atoms. The van der Waals surface area contributed by atoms with E-state index >= 15 is 0 Å². The number of anilines is 4. The Hall–Kier alpha value is -3.14. The molecule has 11 heteroatoms. The van der Waals surface area contributed by atoms with Gasteiger partial charge in [-0.2, -0.15) is 4.98 Å². The number of hydrogen-bond donors (Lipinski definition) is 3. The van der Waals surface area contributed by atoms with E-state index in [-0.39, 0.29) is 35.7 Å². The molecule has 0 bridgehead atoms. The molecule has 1 aliphatic heterocycles. The highest BCUT2D eigenvalue weighted by molar-refractivity contribution is 5.85. The van der Waals surface area contributed by atoms with Crippen molar-refractivity contribution in [1.29, 1.82) is 0 Å². The van der Waals surface area contributed by atoms with E-state index in [9.17, 15) is 14.9 Å². The molecule has 1 unspecified atom stereocenters. The number of nitrogen functional groups attached to an aromatic ring is 1. The van der Waals surface area contributed by atoms with Crippen LogP contribution in [0.1, 0.15) is 31.0 Å². The number of nitro groups is 1. The number of carbonyl (C=O) groups excluding carboxylic acids is 1. The molecule has 160 valence electrons. The van der Waals surface area contributed by atoms with Crippen molar-refractivity contribution in [3.63, 3.8) is 0 Å². The Kier molecular flexibility index (Phi) is 6.25. The number of hydrogen-bond acceptors (Lipinski definition) is 8. The quantitative estimate of drug-likeness (QED) is 0.371. The highest BCUT2D eigenvalue weighted by Gasteiger charge is 2.29. The number of nitrogens with two attached hydrogens (primary N) is 1. The van der Waals surface area contributed by atoms with Crippen LogP contribution in [-0.2, 0) is 17.6 Å². The lowest BCUT2D eigenvalue weighted by Gasteiger charge is -2.21. The third-order valence-electron chi connectivity index (χ3n) is 5.29. The lowest BCUT2D eigenvalue weighted by atomic mass is 10.2. The van der Waals surface area contributed by atoms with Crippen LogP contribution < -0.4 is 21.3 Å². The highest BCUT2D eigenvalue weighted by atomic mass is 35.5. The number of aromatic nitrogens is 2. The van der Waals surface area contributed by atoms with Crippen molar-refractivity contribution < 1.29 is 9.72 Å². The number of nitro benzene ring substituents is 1. The first-order valence-electron chi connectivity index (χ1n) is 9.63. The fourth-order valence-corrected chi connectivity index (χ4v) is 4.00. The van der Waals surface area contributed by atoms with E-state index in [0.717, 1.165) is 49.3 Å². The lowest BCUT2D eigenvalue weighted by molar-refractivity contribution is -0.383. The Morgan fingerprint density at radius 3 is 2.87 bits per heavy atom.